The van der Waals surface area contributed by atoms with Gasteiger partial charge >= 0.3 is 5.97 Å². The van der Waals surface area contributed by atoms with Crippen LogP contribution in [0.25, 0.3) is 0 Å². The molecular formula is C14H21N3O5. The second kappa shape index (κ2) is 6.76. The van der Waals surface area contributed by atoms with Crippen molar-refractivity contribution < 1.29 is 24.3 Å². The second-order valence-electron chi connectivity index (χ2n) is 5.67. The zero-order chi connectivity index (χ0) is 16.3. The third-order valence-corrected chi connectivity index (χ3v) is 4.23. The smallest absolute Gasteiger partial charge is 0.326 e. The largest absolute Gasteiger partial charge is 0.480 e. The molecule has 0 spiro atoms. The Bertz CT molecular complexity index is 449. The highest BCUT2D eigenvalue weighted by Gasteiger charge is 2.35. The number of hydrogen-bond donors (Lipinski definition) is 2. The summed E-state index contributed by atoms with van der Waals surface area (Å²) in [6, 6.07) is -1.33. The highest BCUT2D eigenvalue weighted by Crippen LogP contribution is 2.18. The Morgan fingerprint density at radius 1 is 1.05 bits per heavy atom. The van der Waals surface area contributed by atoms with Gasteiger partial charge in [-0.3, -0.25) is 14.4 Å². The van der Waals surface area contributed by atoms with Crippen LogP contribution in [0.5, 0.6) is 0 Å². The summed E-state index contributed by atoms with van der Waals surface area (Å²) in [6.45, 7) is 2.13. The first-order valence-corrected chi connectivity index (χ1v) is 7.49. The molecule has 2 heterocycles. The molecule has 2 saturated heterocycles. The van der Waals surface area contributed by atoms with E-state index in [1.54, 1.807) is 0 Å². The fourth-order valence-corrected chi connectivity index (χ4v) is 3.12. The maximum atomic E-state index is 12.1. The zero-order valence-electron chi connectivity index (χ0n) is 12.6. The van der Waals surface area contributed by atoms with Crippen molar-refractivity contribution in [1.29, 1.82) is 0 Å². The van der Waals surface area contributed by atoms with Gasteiger partial charge in [-0.1, -0.05) is 0 Å². The maximum Gasteiger partial charge on any atom is 0.326 e. The Morgan fingerprint density at radius 2 is 1.64 bits per heavy atom. The molecule has 0 saturated carbocycles. The summed E-state index contributed by atoms with van der Waals surface area (Å²) in [5.41, 5.74) is 0. The van der Waals surface area contributed by atoms with Crippen LogP contribution in [0.1, 0.15) is 32.6 Å². The van der Waals surface area contributed by atoms with Crippen LogP contribution in [-0.2, 0) is 19.2 Å². The Kier molecular flexibility index (Phi) is 4.99. The molecule has 3 amide bonds. The molecule has 2 rings (SSSR count). The van der Waals surface area contributed by atoms with Gasteiger partial charge in [0.15, 0.2) is 0 Å². The molecule has 8 heteroatoms. The van der Waals surface area contributed by atoms with Crippen LogP contribution in [0.2, 0.25) is 0 Å². The molecule has 2 aliphatic heterocycles. The third-order valence-electron chi connectivity index (χ3n) is 4.23. The van der Waals surface area contributed by atoms with Gasteiger partial charge in [0.1, 0.15) is 12.1 Å². The number of nitrogens with one attached hydrogen (secondary N) is 1. The van der Waals surface area contributed by atoms with E-state index in [0.29, 0.717) is 32.4 Å². The van der Waals surface area contributed by atoms with Crippen LogP contribution >= 0.6 is 0 Å². The van der Waals surface area contributed by atoms with Crippen LogP contribution in [0.15, 0.2) is 0 Å². The van der Waals surface area contributed by atoms with E-state index >= 15 is 0 Å². The lowest BCUT2D eigenvalue weighted by Crippen LogP contribution is -2.49. The molecule has 2 aliphatic rings. The SMILES string of the molecule is CC(=O)N1CCCC1C(=O)NCC(=O)N1CCCC1C(=O)O. The number of nitrogens with zero attached hydrogens (tertiary/aromatic N) is 2. The van der Waals surface area contributed by atoms with Crippen molar-refractivity contribution in [1.82, 2.24) is 15.1 Å². The number of aliphatic carboxylic acids is 1. The van der Waals surface area contributed by atoms with E-state index in [2.05, 4.69) is 5.32 Å². The molecule has 0 aromatic carbocycles. The van der Waals surface area contributed by atoms with Crippen molar-refractivity contribution in [2.45, 2.75) is 44.7 Å². The standard InChI is InChI=1S/C14H21N3O5/c1-9(18)16-6-2-4-10(16)13(20)15-8-12(19)17-7-3-5-11(17)14(21)22/h10-11H,2-8H2,1H3,(H,15,20)(H,21,22). The van der Waals surface area contributed by atoms with Gasteiger partial charge in [-0.15, -0.1) is 0 Å². The molecule has 2 fully saturated rings. The van der Waals surface area contributed by atoms with Gasteiger partial charge in [0, 0.05) is 20.0 Å². The summed E-state index contributed by atoms with van der Waals surface area (Å²) >= 11 is 0. The number of carboxylic acid groups (broad SMARTS) is 1. The van der Waals surface area contributed by atoms with Crippen molar-refractivity contribution in [3.63, 3.8) is 0 Å². The molecule has 0 bridgehead atoms. The van der Waals surface area contributed by atoms with Crippen LogP contribution < -0.4 is 5.32 Å². The molecule has 22 heavy (non-hydrogen) atoms. The number of rotatable bonds is 4. The summed E-state index contributed by atoms with van der Waals surface area (Å²) in [5, 5.41) is 11.6. The topological polar surface area (TPSA) is 107 Å². The predicted molar refractivity (Wildman–Crippen MR) is 75.8 cm³/mol. The molecule has 2 atom stereocenters. The highest BCUT2D eigenvalue weighted by molar-refractivity contribution is 5.91. The van der Waals surface area contributed by atoms with E-state index in [1.165, 1.54) is 16.7 Å². The average molecular weight is 311 g/mol. The highest BCUT2D eigenvalue weighted by atomic mass is 16.4. The van der Waals surface area contributed by atoms with E-state index in [-0.39, 0.29) is 18.4 Å². The Labute approximate surface area is 128 Å². The number of carbonyl (C=O) groups excluding carboxylic acids is 3. The molecule has 2 unspecified atom stereocenters. The van der Waals surface area contributed by atoms with Crippen molar-refractivity contribution in [2.75, 3.05) is 19.6 Å². The van der Waals surface area contributed by atoms with Gasteiger partial charge in [0.05, 0.1) is 6.54 Å². The Balaban J connectivity index is 1.87. The Morgan fingerprint density at radius 3 is 2.23 bits per heavy atom. The first kappa shape index (κ1) is 16.3. The molecule has 2 N–H and O–H groups in total. The average Bonchev–Trinajstić information content (AvgIpc) is 3.12. The van der Waals surface area contributed by atoms with E-state index in [9.17, 15) is 19.2 Å². The number of likely N-dealkylation sites (tertiary alicyclic amines) is 2. The molecule has 0 aromatic rings. The molecule has 122 valence electrons. The lowest BCUT2D eigenvalue weighted by atomic mass is 10.2. The van der Waals surface area contributed by atoms with Gasteiger partial charge in [-0.25, -0.2) is 4.79 Å². The van der Waals surface area contributed by atoms with Gasteiger partial charge in [-0.05, 0) is 25.7 Å². The number of amides is 3. The minimum atomic E-state index is -1.02. The van der Waals surface area contributed by atoms with Crippen LogP contribution in [0.3, 0.4) is 0 Å². The first-order valence-electron chi connectivity index (χ1n) is 7.49. The van der Waals surface area contributed by atoms with E-state index in [1.807, 2.05) is 0 Å². The summed E-state index contributed by atoms with van der Waals surface area (Å²) in [5.74, 6) is -1.93. The van der Waals surface area contributed by atoms with Crippen LogP contribution in [-0.4, -0.2) is 70.3 Å². The number of hydrogen-bond acceptors (Lipinski definition) is 4. The molecule has 0 radical (unpaired) electrons. The van der Waals surface area contributed by atoms with Crippen LogP contribution in [0.4, 0.5) is 0 Å². The summed E-state index contributed by atoms with van der Waals surface area (Å²) in [4.78, 5) is 49.4. The number of carboxylic acids is 1. The van der Waals surface area contributed by atoms with Gasteiger partial charge in [0.25, 0.3) is 0 Å². The molecule has 0 aromatic heterocycles. The normalized spacial score (nSPS) is 24.4. The lowest BCUT2D eigenvalue weighted by Gasteiger charge is -2.24. The fraction of sp³-hybridized carbons (Fsp3) is 0.714. The summed E-state index contributed by atoms with van der Waals surface area (Å²) < 4.78 is 0. The minimum Gasteiger partial charge on any atom is -0.480 e. The fourth-order valence-electron chi connectivity index (χ4n) is 3.12. The molecule has 0 aliphatic carbocycles. The monoisotopic (exact) mass is 311 g/mol. The van der Waals surface area contributed by atoms with E-state index < -0.39 is 24.0 Å². The van der Waals surface area contributed by atoms with Crippen molar-refractivity contribution in [3.8, 4) is 0 Å². The molecular weight excluding hydrogens is 290 g/mol. The van der Waals surface area contributed by atoms with Gasteiger partial charge in [-0.2, -0.15) is 0 Å². The quantitative estimate of drug-likeness (QED) is 0.706. The summed E-state index contributed by atoms with van der Waals surface area (Å²) in [6.07, 6.45) is 2.44. The van der Waals surface area contributed by atoms with Crippen molar-refractivity contribution in [2.24, 2.45) is 0 Å². The van der Waals surface area contributed by atoms with Gasteiger partial charge in [0.2, 0.25) is 17.7 Å². The first-order chi connectivity index (χ1) is 10.4. The van der Waals surface area contributed by atoms with Gasteiger partial charge < -0.3 is 20.2 Å². The summed E-state index contributed by atoms with van der Waals surface area (Å²) in [7, 11) is 0. The lowest BCUT2D eigenvalue weighted by molar-refractivity contribution is -0.148. The van der Waals surface area contributed by atoms with E-state index in [0.717, 1.165) is 6.42 Å². The minimum absolute atomic E-state index is 0.158. The molecule has 8 nitrogen and oxygen atoms in total. The second-order valence-corrected chi connectivity index (χ2v) is 5.67. The van der Waals surface area contributed by atoms with Crippen molar-refractivity contribution in [3.05, 3.63) is 0 Å². The third kappa shape index (κ3) is 3.37. The van der Waals surface area contributed by atoms with Crippen LogP contribution in [0, 0.1) is 0 Å². The number of carbonyl (C=O) groups is 4. The predicted octanol–water partition coefficient (Wildman–Crippen LogP) is -0.811. The zero-order valence-corrected chi connectivity index (χ0v) is 12.6. The maximum absolute atomic E-state index is 12.1. The Hall–Kier alpha value is -2.12. The van der Waals surface area contributed by atoms with E-state index in [4.69, 9.17) is 5.11 Å². The van der Waals surface area contributed by atoms with Crippen molar-refractivity contribution >= 4 is 23.7 Å².